The van der Waals surface area contributed by atoms with Crippen LogP contribution in [-0.4, -0.2) is 43.3 Å². The van der Waals surface area contributed by atoms with Gasteiger partial charge in [0.25, 0.3) is 0 Å². The summed E-state index contributed by atoms with van der Waals surface area (Å²) in [7, 11) is 0. The number of nitrogens with zero attached hydrogens (tertiary/aromatic N) is 1. The summed E-state index contributed by atoms with van der Waals surface area (Å²) >= 11 is 0. The van der Waals surface area contributed by atoms with Crippen molar-refractivity contribution in [3.8, 4) is 0 Å². The third-order valence-corrected chi connectivity index (χ3v) is 2.36. The Bertz CT molecular complexity index is 160. The molecule has 94 valence electrons. The third-order valence-electron chi connectivity index (χ3n) is 2.36. The van der Waals surface area contributed by atoms with E-state index < -0.39 is 12.2 Å². The average Bonchev–Trinajstić information content (AvgIpc) is 2.05. The minimum atomic E-state index is -4.08. The van der Waals surface area contributed by atoms with E-state index in [0.29, 0.717) is 26.2 Å². The van der Waals surface area contributed by atoms with Gasteiger partial charge in [-0.3, -0.25) is 4.90 Å². The molecule has 1 rings (SSSR count). The first-order chi connectivity index (χ1) is 6.05. The zero-order chi connectivity index (χ0) is 9.90. The summed E-state index contributed by atoms with van der Waals surface area (Å²) in [5.74, 6) is 0. The zero-order valence-corrected chi connectivity index (χ0v) is 10.1. The maximum atomic E-state index is 12.4. The molecule has 1 saturated heterocycles. The predicted octanol–water partition coefficient (Wildman–Crippen LogP) is 2.08. The zero-order valence-electron chi connectivity index (χ0n) is 8.51. The summed E-state index contributed by atoms with van der Waals surface area (Å²) in [5, 5.41) is 3.04. The Morgan fingerprint density at radius 1 is 1.20 bits per heavy atom. The van der Waals surface area contributed by atoms with Crippen LogP contribution in [0, 0.1) is 0 Å². The summed E-state index contributed by atoms with van der Waals surface area (Å²) < 4.78 is 37.3. The van der Waals surface area contributed by atoms with Crippen LogP contribution in [0.25, 0.3) is 0 Å². The van der Waals surface area contributed by atoms with Crippen LogP contribution >= 0.6 is 24.8 Å². The molecule has 15 heavy (non-hydrogen) atoms. The number of alkyl halides is 3. The Morgan fingerprint density at radius 3 is 2.00 bits per heavy atom. The molecule has 1 aliphatic rings. The molecule has 0 aromatic heterocycles. The van der Waals surface area contributed by atoms with Crippen LogP contribution in [0.15, 0.2) is 0 Å². The molecule has 1 aliphatic heterocycles. The highest BCUT2D eigenvalue weighted by molar-refractivity contribution is 5.85. The van der Waals surface area contributed by atoms with Crippen molar-refractivity contribution >= 4 is 24.8 Å². The van der Waals surface area contributed by atoms with Gasteiger partial charge in [0.05, 0.1) is 0 Å². The standard InChI is InChI=1S/C8H15F3N2.2ClH/c1-2-7(8(9,10)11)13-5-3-12-4-6-13;;/h7,12H,2-6H2,1H3;2*1H/t7-;;/m0../s1. The van der Waals surface area contributed by atoms with E-state index in [1.54, 1.807) is 6.92 Å². The van der Waals surface area contributed by atoms with Gasteiger partial charge >= 0.3 is 6.18 Å². The number of nitrogens with one attached hydrogen (secondary N) is 1. The maximum absolute atomic E-state index is 12.4. The minimum Gasteiger partial charge on any atom is -0.314 e. The smallest absolute Gasteiger partial charge is 0.314 e. The Kier molecular flexibility index (Phi) is 8.89. The predicted molar refractivity (Wildman–Crippen MR) is 59.1 cm³/mol. The van der Waals surface area contributed by atoms with Gasteiger partial charge in [-0.25, -0.2) is 0 Å². The second-order valence-corrected chi connectivity index (χ2v) is 3.25. The summed E-state index contributed by atoms with van der Waals surface area (Å²) in [5.41, 5.74) is 0. The molecular formula is C8H17Cl2F3N2. The van der Waals surface area contributed by atoms with Crippen molar-refractivity contribution in [3.63, 3.8) is 0 Å². The molecule has 2 nitrogen and oxygen atoms in total. The van der Waals surface area contributed by atoms with Crippen LogP contribution < -0.4 is 5.32 Å². The lowest BCUT2D eigenvalue weighted by Gasteiger charge is -2.35. The van der Waals surface area contributed by atoms with Crippen molar-refractivity contribution in [2.45, 2.75) is 25.6 Å². The molecule has 0 unspecified atom stereocenters. The molecule has 7 heteroatoms. The normalized spacial score (nSPS) is 20.0. The molecule has 0 aromatic carbocycles. The number of hydrogen-bond donors (Lipinski definition) is 1. The van der Waals surface area contributed by atoms with Gasteiger partial charge in [0.1, 0.15) is 6.04 Å². The van der Waals surface area contributed by atoms with E-state index in [2.05, 4.69) is 5.32 Å². The lowest BCUT2D eigenvalue weighted by atomic mass is 10.1. The van der Waals surface area contributed by atoms with Crippen molar-refractivity contribution < 1.29 is 13.2 Å². The quantitative estimate of drug-likeness (QED) is 0.825. The highest BCUT2D eigenvalue weighted by Gasteiger charge is 2.42. The summed E-state index contributed by atoms with van der Waals surface area (Å²) in [6.45, 7) is 3.90. The van der Waals surface area contributed by atoms with E-state index >= 15 is 0 Å². The Labute approximate surface area is 100 Å². The van der Waals surface area contributed by atoms with Crippen molar-refractivity contribution in [2.75, 3.05) is 26.2 Å². The lowest BCUT2D eigenvalue weighted by Crippen LogP contribution is -2.53. The van der Waals surface area contributed by atoms with E-state index in [9.17, 15) is 13.2 Å². The average molecular weight is 269 g/mol. The van der Waals surface area contributed by atoms with Gasteiger partial charge in [-0.15, -0.1) is 24.8 Å². The molecule has 0 aromatic rings. The van der Waals surface area contributed by atoms with Gasteiger partial charge in [-0.1, -0.05) is 6.92 Å². The SMILES string of the molecule is CC[C@H](N1CCNCC1)C(F)(F)F.Cl.Cl. The van der Waals surface area contributed by atoms with Gasteiger partial charge in [-0.2, -0.15) is 13.2 Å². The number of hydrogen-bond acceptors (Lipinski definition) is 2. The largest absolute Gasteiger partial charge is 0.404 e. The number of halogens is 5. The van der Waals surface area contributed by atoms with Crippen molar-refractivity contribution in [2.24, 2.45) is 0 Å². The molecule has 0 radical (unpaired) electrons. The third kappa shape index (κ3) is 5.24. The second-order valence-electron chi connectivity index (χ2n) is 3.25. The van der Waals surface area contributed by atoms with Gasteiger partial charge in [0.15, 0.2) is 0 Å². The van der Waals surface area contributed by atoms with E-state index in [1.165, 1.54) is 4.90 Å². The van der Waals surface area contributed by atoms with Crippen LogP contribution in [0.3, 0.4) is 0 Å². The molecular weight excluding hydrogens is 252 g/mol. The monoisotopic (exact) mass is 268 g/mol. The molecule has 0 spiro atoms. The summed E-state index contributed by atoms with van der Waals surface area (Å²) in [6.07, 6.45) is -3.93. The van der Waals surface area contributed by atoms with Crippen LogP contribution in [0.5, 0.6) is 0 Å². The molecule has 0 amide bonds. The Balaban J connectivity index is 0. The van der Waals surface area contributed by atoms with Crippen LogP contribution in [0.2, 0.25) is 0 Å². The van der Waals surface area contributed by atoms with E-state index in [1.807, 2.05) is 0 Å². The highest BCUT2D eigenvalue weighted by Crippen LogP contribution is 2.27. The molecule has 0 aliphatic carbocycles. The number of rotatable bonds is 2. The highest BCUT2D eigenvalue weighted by atomic mass is 35.5. The lowest BCUT2D eigenvalue weighted by molar-refractivity contribution is -0.185. The van der Waals surface area contributed by atoms with Gasteiger partial charge in [0.2, 0.25) is 0 Å². The Morgan fingerprint density at radius 2 is 1.67 bits per heavy atom. The van der Waals surface area contributed by atoms with Crippen LogP contribution in [0.1, 0.15) is 13.3 Å². The molecule has 0 saturated carbocycles. The maximum Gasteiger partial charge on any atom is 0.404 e. The first-order valence-corrected chi connectivity index (χ1v) is 4.57. The van der Waals surface area contributed by atoms with Gasteiger partial charge < -0.3 is 5.32 Å². The molecule has 1 N–H and O–H groups in total. The number of piperazine rings is 1. The first kappa shape index (κ1) is 17.7. The van der Waals surface area contributed by atoms with E-state index in [4.69, 9.17) is 0 Å². The topological polar surface area (TPSA) is 15.3 Å². The minimum absolute atomic E-state index is 0. The second kappa shape index (κ2) is 7.54. The molecule has 1 atom stereocenters. The Hall–Kier alpha value is 0.290. The first-order valence-electron chi connectivity index (χ1n) is 4.57. The fourth-order valence-electron chi connectivity index (χ4n) is 1.69. The van der Waals surface area contributed by atoms with Crippen molar-refractivity contribution in [1.82, 2.24) is 10.2 Å². The van der Waals surface area contributed by atoms with Gasteiger partial charge in [0, 0.05) is 26.2 Å². The fourth-order valence-corrected chi connectivity index (χ4v) is 1.69. The van der Waals surface area contributed by atoms with E-state index in [0.717, 1.165) is 0 Å². The molecule has 1 heterocycles. The summed E-state index contributed by atoms with van der Waals surface area (Å²) in [6, 6.07) is -1.26. The van der Waals surface area contributed by atoms with Crippen LogP contribution in [0.4, 0.5) is 13.2 Å². The summed E-state index contributed by atoms with van der Waals surface area (Å²) in [4.78, 5) is 1.51. The van der Waals surface area contributed by atoms with Crippen molar-refractivity contribution in [1.29, 1.82) is 0 Å². The molecule has 1 fully saturated rings. The van der Waals surface area contributed by atoms with Gasteiger partial charge in [-0.05, 0) is 6.42 Å². The fraction of sp³-hybridized carbons (Fsp3) is 1.00. The van der Waals surface area contributed by atoms with Crippen molar-refractivity contribution in [3.05, 3.63) is 0 Å². The van der Waals surface area contributed by atoms with Crippen LogP contribution in [-0.2, 0) is 0 Å². The van der Waals surface area contributed by atoms with E-state index in [-0.39, 0.29) is 31.2 Å². The molecule has 0 bridgehead atoms.